The second-order valence-corrected chi connectivity index (χ2v) is 3.14. The van der Waals surface area contributed by atoms with E-state index in [4.69, 9.17) is 0 Å². The van der Waals surface area contributed by atoms with Gasteiger partial charge in [0.15, 0.2) is 0 Å². The highest BCUT2D eigenvalue weighted by Crippen LogP contribution is 2.20. The Morgan fingerprint density at radius 3 is 2.67 bits per heavy atom. The summed E-state index contributed by atoms with van der Waals surface area (Å²) >= 11 is 0. The molecule has 0 atom stereocenters. The van der Waals surface area contributed by atoms with E-state index in [1.807, 2.05) is 6.07 Å². The number of nitrogens with one attached hydrogen (secondary N) is 1. The first-order valence-corrected chi connectivity index (χ1v) is 4.24. The molecule has 0 saturated carbocycles. The zero-order valence-electron chi connectivity index (χ0n) is 7.93. The highest BCUT2D eigenvalue weighted by Gasteiger charge is 2.12. The summed E-state index contributed by atoms with van der Waals surface area (Å²) in [7, 11) is 0. The summed E-state index contributed by atoms with van der Waals surface area (Å²) in [6, 6.07) is 5.08. The van der Waals surface area contributed by atoms with Crippen LogP contribution in [0, 0.1) is 10.1 Å². The van der Waals surface area contributed by atoms with Gasteiger partial charge in [-0.1, -0.05) is 6.07 Å². The Hall–Kier alpha value is -0.840. The predicted molar refractivity (Wildman–Crippen MR) is 63.0 cm³/mol. The molecule has 2 rings (SSSR count). The first-order chi connectivity index (χ1) is 6.27. The lowest BCUT2D eigenvalue weighted by atomic mass is 10.0. The Bertz CT molecular complexity index is 358. The number of non-ortho nitro benzene ring substituents is 1. The average molecular weight is 251 g/mol. The second kappa shape index (κ2) is 5.90. The summed E-state index contributed by atoms with van der Waals surface area (Å²) in [5, 5.41) is 13.7. The second-order valence-electron chi connectivity index (χ2n) is 3.14. The molecule has 0 aliphatic carbocycles. The molecule has 0 amide bonds. The first-order valence-electron chi connectivity index (χ1n) is 4.24. The van der Waals surface area contributed by atoms with Gasteiger partial charge in [0.2, 0.25) is 0 Å². The largest absolute Gasteiger partial charge is 0.312 e. The first kappa shape index (κ1) is 14.2. The number of hydrogen-bond acceptors (Lipinski definition) is 3. The quantitative estimate of drug-likeness (QED) is 0.614. The maximum Gasteiger partial charge on any atom is 0.269 e. The molecule has 0 fully saturated rings. The van der Waals surface area contributed by atoms with Crippen molar-refractivity contribution in [3.63, 3.8) is 0 Å². The van der Waals surface area contributed by atoms with Gasteiger partial charge in [-0.15, -0.1) is 24.8 Å². The summed E-state index contributed by atoms with van der Waals surface area (Å²) in [6.07, 6.45) is 0.966. The zero-order valence-corrected chi connectivity index (χ0v) is 9.57. The number of nitro benzene ring substituents is 1. The standard InChI is InChI=1S/C9H10N2O2.2ClH/c12-11(13)9-2-1-7-3-4-10-6-8(7)5-9;;/h1-2,5,10H,3-4,6H2;2*1H. The van der Waals surface area contributed by atoms with E-state index in [-0.39, 0.29) is 35.4 Å². The van der Waals surface area contributed by atoms with Crippen LogP contribution in [-0.2, 0) is 13.0 Å². The van der Waals surface area contributed by atoms with Gasteiger partial charge in [0.25, 0.3) is 5.69 Å². The van der Waals surface area contributed by atoms with Crippen molar-refractivity contribution in [2.45, 2.75) is 13.0 Å². The van der Waals surface area contributed by atoms with E-state index in [2.05, 4.69) is 5.32 Å². The Kier molecular flexibility index (Phi) is 5.57. The van der Waals surface area contributed by atoms with Crippen molar-refractivity contribution in [1.82, 2.24) is 5.32 Å². The number of rotatable bonds is 1. The van der Waals surface area contributed by atoms with Crippen LogP contribution in [0.15, 0.2) is 18.2 Å². The van der Waals surface area contributed by atoms with E-state index >= 15 is 0 Å². The van der Waals surface area contributed by atoms with Crippen molar-refractivity contribution >= 4 is 30.5 Å². The normalized spacial score (nSPS) is 13.1. The van der Waals surface area contributed by atoms with Crippen LogP contribution in [0.4, 0.5) is 5.69 Å². The number of hydrogen-bond donors (Lipinski definition) is 1. The van der Waals surface area contributed by atoms with E-state index in [1.54, 1.807) is 12.1 Å². The predicted octanol–water partition coefficient (Wildman–Crippen LogP) is 2.08. The topological polar surface area (TPSA) is 55.2 Å². The van der Waals surface area contributed by atoms with Crippen LogP contribution in [0.3, 0.4) is 0 Å². The van der Waals surface area contributed by atoms with E-state index in [0.29, 0.717) is 0 Å². The van der Waals surface area contributed by atoms with Crippen LogP contribution in [0.1, 0.15) is 11.1 Å². The summed E-state index contributed by atoms with van der Waals surface area (Å²) in [5.74, 6) is 0. The van der Waals surface area contributed by atoms with Crippen LogP contribution in [0.2, 0.25) is 0 Å². The minimum Gasteiger partial charge on any atom is -0.312 e. The number of fused-ring (bicyclic) bond motifs is 1. The van der Waals surface area contributed by atoms with Gasteiger partial charge in [0, 0.05) is 18.7 Å². The highest BCUT2D eigenvalue weighted by atomic mass is 35.5. The average Bonchev–Trinajstić information content (AvgIpc) is 2.17. The lowest BCUT2D eigenvalue weighted by Gasteiger charge is -2.15. The molecule has 1 heterocycles. The number of nitro groups is 1. The van der Waals surface area contributed by atoms with Gasteiger partial charge < -0.3 is 5.32 Å². The van der Waals surface area contributed by atoms with E-state index in [0.717, 1.165) is 25.1 Å². The fraction of sp³-hybridized carbons (Fsp3) is 0.333. The summed E-state index contributed by atoms with van der Waals surface area (Å²) in [6.45, 7) is 1.71. The van der Waals surface area contributed by atoms with Gasteiger partial charge >= 0.3 is 0 Å². The van der Waals surface area contributed by atoms with Crippen LogP contribution in [0.5, 0.6) is 0 Å². The molecular formula is C9H12Cl2N2O2. The molecule has 84 valence electrons. The Morgan fingerprint density at radius 1 is 1.27 bits per heavy atom. The molecule has 15 heavy (non-hydrogen) atoms. The fourth-order valence-electron chi connectivity index (χ4n) is 1.58. The minimum atomic E-state index is -0.352. The third kappa shape index (κ3) is 3.06. The summed E-state index contributed by atoms with van der Waals surface area (Å²) < 4.78 is 0. The van der Waals surface area contributed by atoms with Crippen molar-refractivity contribution < 1.29 is 4.92 Å². The minimum absolute atomic E-state index is 0. The lowest BCUT2D eigenvalue weighted by molar-refractivity contribution is -0.384. The van der Waals surface area contributed by atoms with Crippen molar-refractivity contribution in [3.8, 4) is 0 Å². The van der Waals surface area contributed by atoms with Gasteiger partial charge in [-0.25, -0.2) is 0 Å². The summed E-state index contributed by atoms with van der Waals surface area (Å²) in [5.41, 5.74) is 2.47. The Labute approximate surface area is 100 Å². The van der Waals surface area contributed by atoms with E-state index in [9.17, 15) is 10.1 Å². The van der Waals surface area contributed by atoms with Crippen molar-refractivity contribution in [2.75, 3.05) is 6.54 Å². The fourth-order valence-corrected chi connectivity index (χ4v) is 1.58. The molecule has 1 aromatic rings. The van der Waals surface area contributed by atoms with Gasteiger partial charge in [0.1, 0.15) is 0 Å². The van der Waals surface area contributed by atoms with Gasteiger partial charge in [0.05, 0.1) is 4.92 Å². The van der Waals surface area contributed by atoms with Crippen molar-refractivity contribution in [1.29, 1.82) is 0 Å². The molecule has 0 bridgehead atoms. The molecule has 0 unspecified atom stereocenters. The Balaban J connectivity index is 0.000000980. The van der Waals surface area contributed by atoms with Gasteiger partial charge in [-0.05, 0) is 24.1 Å². The third-order valence-corrected chi connectivity index (χ3v) is 2.29. The number of nitrogens with zero attached hydrogens (tertiary/aromatic N) is 1. The smallest absolute Gasteiger partial charge is 0.269 e. The molecule has 6 heteroatoms. The van der Waals surface area contributed by atoms with Gasteiger partial charge in [-0.2, -0.15) is 0 Å². The molecule has 1 aliphatic rings. The van der Waals surface area contributed by atoms with E-state index in [1.165, 1.54) is 5.56 Å². The van der Waals surface area contributed by atoms with Crippen LogP contribution in [-0.4, -0.2) is 11.5 Å². The molecule has 1 aliphatic heterocycles. The maximum absolute atomic E-state index is 10.5. The monoisotopic (exact) mass is 250 g/mol. The van der Waals surface area contributed by atoms with Crippen LogP contribution >= 0.6 is 24.8 Å². The van der Waals surface area contributed by atoms with Crippen molar-refractivity contribution in [2.24, 2.45) is 0 Å². The molecular weight excluding hydrogens is 239 g/mol. The molecule has 1 N–H and O–H groups in total. The SMILES string of the molecule is Cl.Cl.O=[N+]([O-])c1ccc2c(c1)CNCC2. The lowest BCUT2D eigenvalue weighted by Crippen LogP contribution is -2.23. The van der Waals surface area contributed by atoms with Crippen LogP contribution < -0.4 is 5.32 Å². The van der Waals surface area contributed by atoms with Gasteiger partial charge in [-0.3, -0.25) is 10.1 Å². The maximum atomic E-state index is 10.5. The molecule has 0 aromatic heterocycles. The number of halogens is 2. The molecule has 0 spiro atoms. The zero-order chi connectivity index (χ0) is 9.26. The van der Waals surface area contributed by atoms with Crippen molar-refractivity contribution in [3.05, 3.63) is 39.4 Å². The molecule has 0 radical (unpaired) electrons. The summed E-state index contributed by atoms with van der Waals surface area (Å²) in [4.78, 5) is 10.1. The third-order valence-electron chi connectivity index (χ3n) is 2.29. The number of benzene rings is 1. The molecule has 4 nitrogen and oxygen atoms in total. The van der Waals surface area contributed by atoms with E-state index < -0.39 is 0 Å². The van der Waals surface area contributed by atoms with Crippen LogP contribution in [0.25, 0.3) is 0 Å². The molecule has 0 saturated heterocycles. The highest BCUT2D eigenvalue weighted by molar-refractivity contribution is 5.85. The molecule has 1 aromatic carbocycles. The Morgan fingerprint density at radius 2 is 2.00 bits per heavy atom.